The molecule has 3 nitrogen and oxygen atoms in total. The molecule has 3 heteroatoms. The lowest BCUT2D eigenvalue weighted by Crippen LogP contribution is -2.39. The second kappa shape index (κ2) is 5.50. The lowest BCUT2D eigenvalue weighted by atomic mass is 9.98. The summed E-state index contributed by atoms with van der Waals surface area (Å²) < 4.78 is 5.26. The van der Waals surface area contributed by atoms with Gasteiger partial charge in [-0.1, -0.05) is 13.8 Å². The molecule has 0 aliphatic heterocycles. The molecular weight excluding hydrogens is 190 g/mol. The number of hydrogen-bond donors (Lipinski definition) is 1. The summed E-state index contributed by atoms with van der Waals surface area (Å²) in [7, 11) is 0. The molecule has 1 aliphatic rings. The van der Waals surface area contributed by atoms with Crippen LogP contribution in [0.25, 0.3) is 0 Å². The standard InChI is InChI=1S/C12H23NO2/c1-8(2)15-7-12(14)13-11-6-5-9(3)10(11)4/h8-11H,5-7H2,1-4H3,(H,13,14). The van der Waals surface area contributed by atoms with E-state index >= 15 is 0 Å². The Labute approximate surface area is 92.6 Å². The maximum absolute atomic E-state index is 11.5. The molecule has 88 valence electrons. The van der Waals surface area contributed by atoms with Crippen molar-refractivity contribution >= 4 is 5.91 Å². The predicted octanol–water partition coefficient (Wildman–Crippen LogP) is 1.96. The van der Waals surface area contributed by atoms with Gasteiger partial charge in [0, 0.05) is 6.04 Å². The summed E-state index contributed by atoms with van der Waals surface area (Å²) in [6.07, 6.45) is 2.45. The first kappa shape index (κ1) is 12.5. The number of rotatable bonds is 4. The van der Waals surface area contributed by atoms with Crippen LogP contribution in [0.3, 0.4) is 0 Å². The molecule has 1 fully saturated rings. The second-order valence-corrected chi connectivity index (χ2v) is 4.95. The minimum Gasteiger partial charge on any atom is -0.369 e. The first-order chi connectivity index (χ1) is 7.00. The van der Waals surface area contributed by atoms with Crippen LogP contribution in [0.1, 0.15) is 40.5 Å². The van der Waals surface area contributed by atoms with Crippen LogP contribution in [0, 0.1) is 11.8 Å². The molecule has 0 aromatic rings. The van der Waals surface area contributed by atoms with E-state index in [9.17, 15) is 4.79 Å². The molecule has 0 aromatic heterocycles. The van der Waals surface area contributed by atoms with Crippen molar-refractivity contribution in [1.29, 1.82) is 0 Å². The van der Waals surface area contributed by atoms with Crippen molar-refractivity contribution in [3.05, 3.63) is 0 Å². The van der Waals surface area contributed by atoms with Crippen molar-refractivity contribution in [3.63, 3.8) is 0 Å². The van der Waals surface area contributed by atoms with Crippen molar-refractivity contribution in [2.75, 3.05) is 6.61 Å². The molecule has 0 saturated heterocycles. The van der Waals surface area contributed by atoms with Gasteiger partial charge in [-0.2, -0.15) is 0 Å². The van der Waals surface area contributed by atoms with Crippen molar-refractivity contribution in [1.82, 2.24) is 5.32 Å². The molecule has 15 heavy (non-hydrogen) atoms. The lowest BCUT2D eigenvalue weighted by Gasteiger charge is -2.19. The molecule has 0 bridgehead atoms. The summed E-state index contributed by atoms with van der Waals surface area (Å²) in [5.41, 5.74) is 0. The van der Waals surface area contributed by atoms with Gasteiger partial charge in [-0.15, -0.1) is 0 Å². The molecule has 1 saturated carbocycles. The highest BCUT2D eigenvalue weighted by molar-refractivity contribution is 5.77. The fourth-order valence-electron chi connectivity index (χ4n) is 2.06. The molecule has 1 N–H and O–H groups in total. The van der Waals surface area contributed by atoms with Gasteiger partial charge in [0.1, 0.15) is 6.61 Å². The van der Waals surface area contributed by atoms with Gasteiger partial charge >= 0.3 is 0 Å². The smallest absolute Gasteiger partial charge is 0.246 e. The van der Waals surface area contributed by atoms with Crippen LogP contribution in [-0.4, -0.2) is 24.7 Å². The minimum atomic E-state index is 0.0228. The number of amides is 1. The quantitative estimate of drug-likeness (QED) is 0.775. The number of carbonyl (C=O) groups is 1. The molecule has 0 heterocycles. The van der Waals surface area contributed by atoms with E-state index in [4.69, 9.17) is 4.74 Å². The van der Waals surface area contributed by atoms with E-state index < -0.39 is 0 Å². The Hall–Kier alpha value is -0.570. The molecule has 1 aliphatic carbocycles. The average molecular weight is 213 g/mol. The summed E-state index contributed by atoms with van der Waals surface area (Å²) in [6.45, 7) is 8.53. The largest absolute Gasteiger partial charge is 0.369 e. The highest BCUT2D eigenvalue weighted by Gasteiger charge is 2.30. The number of ether oxygens (including phenoxy) is 1. The second-order valence-electron chi connectivity index (χ2n) is 4.95. The zero-order valence-electron chi connectivity index (χ0n) is 10.2. The first-order valence-electron chi connectivity index (χ1n) is 5.91. The van der Waals surface area contributed by atoms with Crippen molar-refractivity contribution in [2.45, 2.75) is 52.7 Å². The van der Waals surface area contributed by atoms with Gasteiger partial charge in [0.25, 0.3) is 0 Å². The van der Waals surface area contributed by atoms with Gasteiger partial charge in [0.15, 0.2) is 0 Å². The molecule has 1 amide bonds. The highest BCUT2D eigenvalue weighted by atomic mass is 16.5. The van der Waals surface area contributed by atoms with Gasteiger partial charge in [-0.05, 0) is 38.5 Å². The third-order valence-corrected chi connectivity index (χ3v) is 3.36. The van der Waals surface area contributed by atoms with Crippen LogP contribution < -0.4 is 5.32 Å². The number of carbonyl (C=O) groups excluding carboxylic acids is 1. The minimum absolute atomic E-state index is 0.0228. The summed E-state index contributed by atoms with van der Waals surface area (Å²) in [5, 5.41) is 3.05. The van der Waals surface area contributed by atoms with E-state index in [-0.39, 0.29) is 18.6 Å². The molecule has 0 aromatic carbocycles. The van der Waals surface area contributed by atoms with Crippen LogP contribution in [-0.2, 0) is 9.53 Å². The van der Waals surface area contributed by atoms with Crippen LogP contribution in [0.5, 0.6) is 0 Å². The van der Waals surface area contributed by atoms with E-state index in [0.29, 0.717) is 12.0 Å². The maximum Gasteiger partial charge on any atom is 0.246 e. The average Bonchev–Trinajstić information content (AvgIpc) is 2.47. The molecule has 1 rings (SSSR count). The summed E-state index contributed by atoms with van der Waals surface area (Å²) >= 11 is 0. The van der Waals surface area contributed by atoms with Crippen LogP contribution >= 0.6 is 0 Å². The van der Waals surface area contributed by atoms with Gasteiger partial charge in [-0.3, -0.25) is 4.79 Å². The van der Waals surface area contributed by atoms with Crippen LogP contribution in [0.2, 0.25) is 0 Å². The lowest BCUT2D eigenvalue weighted by molar-refractivity contribution is -0.128. The summed E-state index contributed by atoms with van der Waals surface area (Å²) in [5.74, 6) is 1.34. The summed E-state index contributed by atoms with van der Waals surface area (Å²) in [4.78, 5) is 11.5. The SMILES string of the molecule is CC(C)OCC(=O)NC1CCC(C)C1C. The highest BCUT2D eigenvalue weighted by Crippen LogP contribution is 2.30. The number of nitrogens with one attached hydrogen (secondary N) is 1. The van der Waals surface area contributed by atoms with Gasteiger partial charge in [0.05, 0.1) is 6.10 Å². The molecule has 3 unspecified atom stereocenters. The maximum atomic E-state index is 11.5. The van der Waals surface area contributed by atoms with Crippen molar-refractivity contribution < 1.29 is 9.53 Å². The normalized spacial score (nSPS) is 30.9. The number of hydrogen-bond acceptors (Lipinski definition) is 2. The Morgan fingerprint density at radius 3 is 2.53 bits per heavy atom. The third-order valence-electron chi connectivity index (χ3n) is 3.36. The van der Waals surface area contributed by atoms with E-state index in [2.05, 4.69) is 19.2 Å². The van der Waals surface area contributed by atoms with E-state index in [1.54, 1.807) is 0 Å². The predicted molar refractivity (Wildman–Crippen MR) is 60.6 cm³/mol. The first-order valence-corrected chi connectivity index (χ1v) is 5.91. The van der Waals surface area contributed by atoms with Crippen molar-refractivity contribution in [3.8, 4) is 0 Å². The Morgan fingerprint density at radius 2 is 2.07 bits per heavy atom. The molecule has 3 atom stereocenters. The third kappa shape index (κ3) is 3.82. The Morgan fingerprint density at radius 1 is 1.40 bits per heavy atom. The Bertz CT molecular complexity index is 216. The van der Waals surface area contributed by atoms with E-state index in [1.165, 1.54) is 6.42 Å². The molecular formula is C12H23NO2. The summed E-state index contributed by atoms with van der Waals surface area (Å²) in [6, 6.07) is 0.350. The van der Waals surface area contributed by atoms with E-state index in [0.717, 1.165) is 12.3 Å². The van der Waals surface area contributed by atoms with Gasteiger partial charge in [0.2, 0.25) is 5.91 Å². The topological polar surface area (TPSA) is 38.3 Å². The van der Waals surface area contributed by atoms with Crippen molar-refractivity contribution in [2.24, 2.45) is 11.8 Å². The van der Waals surface area contributed by atoms with Crippen LogP contribution in [0.15, 0.2) is 0 Å². The van der Waals surface area contributed by atoms with Gasteiger partial charge in [-0.25, -0.2) is 0 Å². The Kier molecular flexibility index (Phi) is 4.58. The zero-order chi connectivity index (χ0) is 11.4. The van der Waals surface area contributed by atoms with Crippen LogP contribution in [0.4, 0.5) is 0 Å². The van der Waals surface area contributed by atoms with Gasteiger partial charge < -0.3 is 10.1 Å². The molecule has 0 spiro atoms. The fraction of sp³-hybridized carbons (Fsp3) is 0.917. The Balaban J connectivity index is 2.26. The molecule has 0 radical (unpaired) electrons. The van der Waals surface area contributed by atoms with E-state index in [1.807, 2.05) is 13.8 Å². The monoisotopic (exact) mass is 213 g/mol. The zero-order valence-corrected chi connectivity index (χ0v) is 10.2. The fourth-order valence-corrected chi connectivity index (χ4v) is 2.06.